The molecule has 0 radical (unpaired) electrons. The van der Waals surface area contributed by atoms with Gasteiger partial charge in [0.25, 0.3) is 5.91 Å². The van der Waals surface area contributed by atoms with Crippen molar-refractivity contribution in [2.45, 2.75) is 62.7 Å². The number of hydrogen-bond donors (Lipinski definition) is 1. The Kier molecular flexibility index (Phi) is 9.55. The van der Waals surface area contributed by atoms with E-state index in [-0.39, 0.29) is 18.7 Å². The van der Waals surface area contributed by atoms with E-state index in [9.17, 15) is 23.1 Å². The quantitative estimate of drug-likeness (QED) is 0.247. The molecule has 0 aromatic heterocycles. The molecule has 5 rings (SSSR count). The monoisotopic (exact) mass is 662 g/mol. The maximum atomic E-state index is 15.2. The maximum Gasteiger partial charge on any atom is 0.309 e. The summed E-state index contributed by atoms with van der Waals surface area (Å²) in [5.41, 5.74) is 1.13. The van der Waals surface area contributed by atoms with Crippen LogP contribution in [0.1, 0.15) is 56.4 Å². The lowest BCUT2D eigenvalue weighted by atomic mass is 9.88. The van der Waals surface area contributed by atoms with Gasteiger partial charge in [-0.25, -0.2) is 12.8 Å². The fourth-order valence-corrected chi connectivity index (χ4v) is 7.89. The summed E-state index contributed by atoms with van der Waals surface area (Å²) in [7, 11) is -3.97. The molecule has 5 atom stereocenters. The number of halogens is 3. The lowest BCUT2D eigenvalue weighted by Gasteiger charge is -2.49. The number of rotatable bonds is 11. The summed E-state index contributed by atoms with van der Waals surface area (Å²) in [6.07, 6.45) is -1.07. The first-order chi connectivity index (χ1) is 20.9. The van der Waals surface area contributed by atoms with Crippen LogP contribution in [0, 0.1) is 11.7 Å². The zero-order valence-electron chi connectivity index (χ0n) is 24.1. The zero-order chi connectivity index (χ0) is 31.8. The lowest BCUT2D eigenvalue weighted by molar-refractivity contribution is -0.190. The highest BCUT2D eigenvalue weighted by atomic mass is 35.5. The van der Waals surface area contributed by atoms with E-state index >= 15 is 4.39 Å². The first-order valence-electron chi connectivity index (χ1n) is 14.4. The number of morpholine rings is 1. The fraction of sp³-hybridized carbons (Fsp3) is 0.375. The molecule has 8 nitrogen and oxygen atoms in total. The van der Waals surface area contributed by atoms with Crippen LogP contribution in [0.25, 0.3) is 0 Å². The first kappa shape index (κ1) is 32.2. The van der Waals surface area contributed by atoms with Gasteiger partial charge in [-0.05, 0) is 73.7 Å². The molecule has 0 unspecified atom stereocenters. The second-order valence-corrected chi connectivity index (χ2v) is 14.2. The molecule has 1 N–H and O–H groups in total. The molecule has 1 saturated heterocycles. The number of carboxylic acid groups (broad SMARTS) is 1. The molecule has 12 heteroatoms. The predicted molar refractivity (Wildman–Crippen MR) is 167 cm³/mol. The molecule has 1 heterocycles. The van der Waals surface area contributed by atoms with Gasteiger partial charge < -0.3 is 14.7 Å². The lowest BCUT2D eigenvalue weighted by Crippen LogP contribution is -2.59. The zero-order valence-corrected chi connectivity index (χ0v) is 26.5. The number of carbonyl (C=O) groups is 2. The van der Waals surface area contributed by atoms with Crippen molar-refractivity contribution in [1.29, 1.82) is 0 Å². The largest absolute Gasteiger partial charge is 0.481 e. The third-order valence-electron chi connectivity index (χ3n) is 8.23. The Morgan fingerprint density at radius 1 is 1.05 bits per heavy atom. The molecule has 1 amide bonds. The van der Waals surface area contributed by atoms with Crippen LogP contribution in [0.15, 0.2) is 72.8 Å². The molecular weight excluding hydrogens is 630 g/mol. The molecule has 44 heavy (non-hydrogen) atoms. The van der Waals surface area contributed by atoms with E-state index in [1.165, 1.54) is 30.0 Å². The SMILES string of the molecule is CC[C@H](CN(c1ccccc1F)S(=O)(=O)C1CC1)N1C(=O)[C@H]([C@@H](C)C(=O)O)O[C@H](c2cccc(Cl)c2)[C@H]1c1ccc(Cl)cc1. The molecule has 234 valence electrons. The summed E-state index contributed by atoms with van der Waals surface area (Å²) in [5, 5.41) is 10.2. The highest BCUT2D eigenvalue weighted by Crippen LogP contribution is 2.46. The number of benzene rings is 3. The smallest absolute Gasteiger partial charge is 0.309 e. The molecule has 3 aromatic carbocycles. The fourth-order valence-electron chi connectivity index (χ4n) is 5.67. The number of carbonyl (C=O) groups excluding carboxylic acids is 1. The van der Waals surface area contributed by atoms with Gasteiger partial charge in [0.15, 0.2) is 0 Å². The second-order valence-electron chi connectivity index (χ2n) is 11.2. The minimum atomic E-state index is -3.97. The average Bonchev–Trinajstić information content (AvgIpc) is 3.85. The van der Waals surface area contributed by atoms with Crippen molar-refractivity contribution in [2.75, 3.05) is 10.8 Å². The Morgan fingerprint density at radius 2 is 1.73 bits per heavy atom. The first-order valence-corrected chi connectivity index (χ1v) is 16.7. The third kappa shape index (κ3) is 6.44. The van der Waals surface area contributed by atoms with Crippen LogP contribution in [0.5, 0.6) is 0 Å². The number of nitrogens with zero attached hydrogens (tertiary/aromatic N) is 2. The molecule has 2 aliphatic rings. The Morgan fingerprint density at radius 3 is 2.32 bits per heavy atom. The van der Waals surface area contributed by atoms with Crippen LogP contribution in [-0.4, -0.2) is 54.2 Å². The van der Waals surface area contributed by atoms with Crippen molar-refractivity contribution >= 4 is 50.8 Å². The van der Waals surface area contributed by atoms with Crippen LogP contribution < -0.4 is 4.31 Å². The normalized spacial score (nSPS) is 22.0. The Labute approximate surface area is 266 Å². The van der Waals surface area contributed by atoms with E-state index in [0.29, 0.717) is 34.0 Å². The molecule has 1 aliphatic heterocycles. The van der Waals surface area contributed by atoms with Gasteiger partial charge in [0.2, 0.25) is 10.0 Å². The molecule has 2 fully saturated rings. The van der Waals surface area contributed by atoms with Crippen molar-refractivity contribution < 1.29 is 32.2 Å². The Hall–Kier alpha value is -3.18. The standard InChI is InChI=1S/C32H33Cl2FN2O6S/c1-3-24(18-36(44(41,42)25-15-16-25)27-10-5-4-9-26(27)35)37-28(20-11-13-22(33)14-12-20)30(21-7-6-8-23(34)17-21)43-29(31(37)38)19(2)32(39)40/h4-14,17,19,24-25,28-30H,3,15-16,18H2,1-2H3,(H,39,40)/t19-,24-,28-,29+,30-/m1/s1. The van der Waals surface area contributed by atoms with Gasteiger partial charge in [0.1, 0.15) is 18.0 Å². The summed E-state index contributed by atoms with van der Waals surface area (Å²) in [4.78, 5) is 28.1. The van der Waals surface area contributed by atoms with E-state index in [0.717, 1.165) is 4.31 Å². The molecule has 3 aromatic rings. The van der Waals surface area contributed by atoms with Gasteiger partial charge in [-0.3, -0.25) is 13.9 Å². The predicted octanol–water partition coefficient (Wildman–Crippen LogP) is 6.64. The minimum absolute atomic E-state index is 0.108. The average molecular weight is 664 g/mol. The summed E-state index contributed by atoms with van der Waals surface area (Å²) >= 11 is 12.6. The van der Waals surface area contributed by atoms with E-state index < -0.39 is 63.2 Å². The maximum absolute atomic E-state index is 15.2. The number of aliphatic carboxylic acids is 1. The summed E-state index contributed by atoms with van der Waals surface area (Å²) in [5.74, 6) is -3.77. The van der Waals surface area contributed by atoms with Crippen molar-refractivity contribution in [2.24, 2.45) is 5.92 Å². The van der Waals surface area contributed by atoms with Crippen molar-refractivity contribution in [3.8, 4) is 0 Å². The van der Waals surface area contributed by atoms with E-state index in [2.05, 4.69) is 0 Å². The van der Waals surface area contributed by atoms with Gasteiger partial charge in [-0.15, -0.1) is 0 Å². The number of ether oxygens (including phenoxy) is 1. The van der Waals surface area contributed by atoms with E-state index in [1.54, 1.807) is 61.5 Å². The van der Waals surface area contributed by atoms with E-state index in [1.807, 2.05) is 0 Å². The Balaban J connectivity index is 1.68. The summed E-state index contributed by atoms with van der Waals surface area (Å²) in [6, 6.07) is 17.7. The number of anilines is 1. The van der Waals surface area contributed by atoms with Crippen LogP contribution in [0.2, 0.25) is 10.0 Å². The highest BCUT2D eigenvalue weighted by molar-refractivity contribution is 7.93. The highest BCUT2D eigenvalue weighted by Gasteiger charge is 2.51. The second kappa shape index (κ2) is 13.0. The van der Waals surface area contributed by atoms with Gasteiger partial charge in [0, 0.05) is 10.0 Å². The van der Waals surface area contributed by atoms with Crippen molar-refractivity contribution in [3.05, 3.63) is 99.8 Å². The summed E-state index contributed by atoms with van der Waals surface area (Å²) in [6.45, 7) is 2.95. The Bertz CT molecular complexity index is 1640. The molecule has 0 bridgehead atoms. The third-order valence-corrected chi connectivity index (χ3v) is 11.0. The molecule has 0 spiro atoms. The van der Waals surface area contributed by atoms with Crippen LogP contribution in [0.3, 0.4) is 0 Å². The summed E-state index contributed by atoms with van der Waals surface area (Å²) < 4.78 is 50.1. The topological polar surface area (TPSA) is 104 Å². The van der Waals surface area contributed by atoms with Gasteiger partial charge in [-0.2, -0.15) is 0 Å². The van der Waals surface area contributed by atoms with Crippen LogP contribution >= 0.6 is 23.2 Å². The van der Waals surface area contributed by atoms with Crippen molar-refractivity contribution in [3.63, 3.8) is 0 Å². The number of hydrogen-bond acceptors (Lipinski definition) is 5. The van der Waals surface area contributed by atoms with Gasteiger partial charge in [0.05, 0.1) is 35.5 Å². The number of amides is 1. The molecule has 1 aliphatic carbocycles. The molecule has 1 saturated carbocycles. The number of carboxylic acids is 1. The van der Waals surface area contributed by atoms with E-state index in [4.69, 9.17) is 27.9 Å². The minimum Gasteiger partial charge on any atom is -0.481 e. The van der Waals surface area contributed by atoms with Crippen LogP contribution in [0.4, 0.5) is 10.1 Å². The number of sulfonamides is 1. The van der Waals surface area contributed by atoms with Gasteiger partial charge in [-0.1, -0.05) is 66.5 Å². The number of para-hydroxylation sites is 1. The van der Waals surface area contributed by atoms with Gasteiger partial charge >= 0.3 is 5.97 Å². The molecular formula is C32H33Cl2FN2O6S. The van der Waals surface area contributed by atoms with Crippen LogP contribution in [-0.2, 0) is 24.3 Å². The van der Waals surface area contributed by atoms with Crippen molar-refractivity contribution in [1.82, 2.24) is 4.90 Å².